The molecule has 2 aromatic rings. The molecule has 5 heteroatoms. The number of fused-ring (bicyclic) bond motifs is 3. The molecule has 0 bridgehead atoms. The summed E-state index contributed by atoms with van der Waals surface area (Å²) in [4.78, 5) is 15.1. The van der Waals surface area contributed by atoms with E-state index in [1.165, 1.54) is 5.56 Å². The van der Waals surface area contributed by atoms with E-state index in [0.717, 1.165) is 49.3 Å². The van der Waals surface area contributed by atoms with Gasteiger partial charge in [0.2, 0.25) is 5.78 Å². The van der Waals surface area contributed by atoms with Gasteiger partial charge in [-0.15, -0.1) is 0 Å². The molecule has 1 atom stereocenters. The van der Waals surface area contributed by atoms with Crippen molar-refractivity contribution >= 4 is 11.9 Å². The molecule has 29 heavy (non-hydrogen) atoms. The molecule has 0 N–H and O–H groups in total. The second-order valence-corrected chi connectivity index (χ2v) is 7.87. The van der Waals surface area contributed by atoms with E-state index < -0.39 is 0 Å². The monoisotopic (exact) mass is 391 g/mol. The van der Waals surface area contributed by atoms with Gasteiger partial charge in [-0.1, -0.05) is 31.2 Å². The largest absolute Gasteiger partial charge is 0.478 e. The zero-order chi connectivity index (χ0) is 19.8. The Morgan fingerprint density at radius 3 is 2.79 bits per heavy atom. The number of rotatable bonds is 4. The molecule has 3 aliphatic rings. The van der Waals surface area contributed by atoms with E-state index >= 15 is 0 Å². The van der Waals surface area contributed by atoms with E-state index in [0.29, 0.717) is 30.3 Å². The number of hydrogen-bond acceptors (Lipinski definition) is 5. The fourth-order valence-corrected chi connectivity index (χ4v) is 4.20. The third kappa shape index (κ3) is 3.56. The van der Waals surface area contributed by atoms with Crippen LogP contribution in [0.5, 0.6) is 11.5 Å². The van der Waals surface area contributed by atoms with Crippen molar-refractivity contribution in [2.24, 2.45) is 0 Å². The molecule has 0 amide bonds. The summed E-state index contributed by atoms with van der Waals surface area (Å²) in [5.41, 5.74) is 3.79. The maximum absolute atomic E-state index is 12.9. The molecule has 1 unspecified atom stereocenters. The number of carbonyl (C=O) groups excluding carboxylic acids is 1. The van der Waals surface area contributed by atoms with E-state index in [9.17, 15) is 4.79 Å². The van der Waals surface area contributed by atoms with Gasteiger partial charge in [0.05, 0.1) is 17.2 Å². The number of ketones is 1. The van der Waals surface area contributed by atoms with Gasteiger partial charge in [-0.25, -0.2) is 0 Å². The van der Waals surface area contributed by atoms with Crippen molar-refractivity contribution in [3.8, 4) is 11.5 Å². The second-order valence-electron chi connectivity index (χ2n) is 7.87. The maximum Gasteiger partial charge on any atom is 0.231 e. The lowest BCUT2D eigenvalue weighted by atomic mass is 10.0. The quantitative estimate of drug-likeness (QED) is 0.731. The van der Waals surface area contributed by atoms with Crippen LogP contribution in [0.3, 0.4) is 0 Å². The van der Waals surface area contributed by atoms with E-state index in [-0.39, 0.29) is 11.9 Å². The minimum absolute atomic E-state index is 0.0707. The second kappa shape index (κ2) is 7.65. The fraction of sp³-hybridized carbons (Fsp3) is 0.375. The van der Waals surface area contributed by atoms with Crippen LogP contribution in [0.1, 0.15) is 46.8 Å². The number of aryl methyl sites for hydroxylation is 1. The zero-order valence-corrected chi connectivity index (χ0v) is 16.6. The number of benzene rings is 2. The number of Topliss-reactive ketones (excluding diaryl/α,β-unsaturated/α-hetero) is 1. The van der Waals surface area contributed by atoms with Gasteiger partial charge in [0.15, 0.2) is 5.76 Å². The minimum atomic E-state index is -0.0707. The number of allylic oxidation sites excluding steroid dienone is 1. The first-order valence-corrected chi connectivity index (χ1v) is 10.4. The third-order valence-electron chi connectivity index (χ3n) is 5.85. The van der Waals surface area contributed by atoms with Crippen molar-refractivity contribution in [3.63, 3.8) is 0 Å². The molecule has 2 aromatic carbocycles. The summed E-state index contributed by atoms with van der Waals surface area (Å²) in [6, 6.07) is 11.9. The molecule has 0 saturated carbocycles. The molecule has 1 fully saturated rings. The summed E-state index contributed by atoms with van der Waals surface area (Å²) >= 11 is 0. The molecular formula is C24H25NO4. The Morgan fingerprint density at radius 2 is 2.03 bits per heavy atom. The van der Waals surface area contributed by atoms with Crippen LogP contribution < -0.4 is 9.47 Å². The molecular weight excluding hydrogens is 366 g/mol. The first-order chi connectivity index (χ1) is 14.2. The van der Waals surface area contributed by atoms with Crippen molar-refractivity contribution in [1.82, 2.24) is 4.90 Å². The third-order valence-corrected chi connectivity index (χ3v) is 5.85. The summed E-state index contributed by atoms with van der Waals surface area (Å²) in [7, 11) is 0. The molecule has 3 heterocycles. The van der Waals surface area contributed by atoms with Gasteiger partial charge >= 0.3 is 0 Å². The summed E-state index contributed by atoms with van der Waals surface area (Å²) < 4.78 is 17.8. The van der Waals surface area contributed by atoms with Crippen LogP contribution in [-0.2, 0) is 17.7 Å². The first-order valence-electron chi connectivity index (χ1n) is 10.4. The van der Waals surface area contributed by atoms with Crippen LogP contribution in [-0.4, -0.2) is 36.7 Å². The smallest absolute Gasteiger partial charge is 0.231 e. The summed E-state index contributed by atoms with van der Waals surface area (Å²) in [5, 5.41) is 0. The molecule has 1 saturated heterocycles. The van der Waals surface area contributed by atoms with Gasteiger partial charge < -0.3 is 14.2 Å². The molecule has 3 aliphatic heterocycles. The van der Waals surface area contributed by atoms with E-state index in [2.05, 4.69) is 24.0 Å². The number of nitrogens with zero attached hydrogens (tertiary/aromatic N) is 1. The van der Waals surface area contributed by atoms with Gasteiger partial charge in [-0.3, -0.25) is 9.69 Å². The lowest BCUT2D eigenvalue weighted by Crippen LogP contribution is -2.37. The topological polar surface area (TPSA) is 48.0 Å². The predicted octanol–water partition coefficient (Wildman–Crippen LogP) is 4.20. The fourth-order valence-electron chi connectivity index (χ4n) is 4.20. The van der Waals surface area contributed by atoms with E-state index in [4.69, 9.17) is 14.2 Å². The average Bonchev–Trinajstić information content (AvgIpc) is 3.37. The van der Waals surface area contributed by atoms with Gasteiger partial charge in [-0.05, 0) is 48.6 Å². The van der Waals surface area contributed by atoms with Gasteiger partial charge in [-0.2, -0.15) is 0 Å². The highest BCUT2D eigenvalue weighted by Gasteiger charge is 2.34. The van der Waals surface area contributed by atoms with Crippen LogP contribution in [0.25, 0.3) is 6.08 Å². The van der Waals surface area contributed by atoms with Crippen LogP contribution in [0, 0.1) is 0 Å². The van der Waals surface area contributed by atoms with Gasteiger partial charge in [0.25, 0.3) is 0 Å². The summed E-state index contributed by atoms with van der Waals surface area (Å²) in [5.74, 6) is 1.74. The van der Waals surface area contributed by atoms with Gasteiger partial charge in [0.1, 0.15) is 18.2 Å². The van der Waals surface area contributed by atoms with Crippen LogP contribution in [0.15, 0.2) is 42.2 Å². The van der Waals surface area contributed by atoms with E-state index in [1.54, 1.807) is 0 Å². The Morgan fingerprint density at radius 1 is 1.17 bits per heavy atom. The highest BCUT2D eigenvalue weighted by atomic mass is 16.5. The Hall–Kier alpha value is -2.63. The molecule has 0 aliphatic carbocycles. The maximum atomic E-state index is 12.9. The van der Waals surface area contributed by atoms with Crippen molar-refractivity contribution in [1.29, 1.82) is 0 Å². The SMILES string of the molecule is CCc1ccc(/C=C2\Oc3c(ccc4c3CN(CC3CCCO3)CO4)C2=O)cc1. The van der Waals surface area contributed by atoms with Crippen LogP contribution in [0.2, 0.25) is 0 Å². The molecule has 5 nitrogen and oxygen atoms in total. The van der Waals surface area contributed by atoms with Crippen molar-refractivity contribution < 1.29 is 19.0 Å². The summed E-state index contributed by atoms with van der Waals surface area (Å²) in [6.45, 7) is 5.04. The highest BCUT2D eigenvalue weighted by Crippen LogP contribution is 2.42. The Balaban J connectivity index is 1.39. The average molecular weight is 391 g/mol. The molecule has 5 rings (SSSR count). The highest BCUT2D eigenvalue weighted by molar-refractivity contribution is 6.15. The zero-order valence-electron chi connectivity index (χ0n) is 16.6. The summed E-state index contributed by atoms with van der Waals surface area (Å²) in [6.07, 6.45) is 5.29. The molecule has 0 spiro atoms. The van der Waals surface area contributed by atoms with Crippen LogP contribution >= 0.6 is 0 Å². The Labute approximate surface area is 170 Å². The Bertz CT molecular complexity index is 958. The van der Waals surface area contributed by atoms with Crippen molar-refractivity contribution in [3.05, 3.63) is 64.4 Å². The molecule has 0 radical (unpaired) electrons. The predicted molar refractivity (Wildman–Crippen MR) is 110 cm³/mol. The standard InChI is InChI=1S/C24H25NO4/c1-2-16-5-7-17(8-6-16)12-22-23(26)19-9-10-21-20(24(19)29-22)14-25(15-28-21)13-18-4-3-11-27-18/h5-10,12,18H,2-4,11,13-15H2,1H3/b22-12-. The van der Waals surface area contributed by atoms with Crippen LogP contribution in [0.4, 0.5) is 0 Å². The lowest BCUT2D eigenvalue weighted by molar-refractivity contribution is 0.0274. The van der Waals surface area contributed by atoms with E-state index in [1.807, 2.05) is 30.3 Å². The van der Waals surface area contributed by atoms with Crippen molar-refractivity contribution in [2.45, 2.75) is 38.8 Å². The normalized spacial score (nSPS) is 22.3. The number of carbonyl (C=O) groups is 1. The lowest BCUT2D eigenvalue weighted by Gasteiger charge is -2.31. The minimum Gasteiger partial charge on any atom is -0.478 e. The molecule has 150 valence electrons. The molecule has 0 aromatic heterocycles. The first kappa shape index (κ1) is 18.4. The number of ether oxygens (including phenoxy) is 3. The van der Waals surface area contributed by atoms with Crippen molar-refractivity contribution in [2.75, 3.05) is 19.9 Å². The number of hydrogen-bond donors (Lipinski definition) is 0. The van der Waals surface area contributed by atoms with Gasteiger partial charge in [0, 0.05) is 19.7 Å². The Kier molecular flexibility index (Phi) is 4.86.